The lowest BCUT2D eigenvalue weighted by molar-refractivity contribution is -0.115. The first-order valence-corrected chi connectivity index (χ1v) is 9.97. The molecule has 3 aromatic rings. The second-order valence-corrected chi connectivity index (χ2v) is 7.66. The third-order valence-electron chi connectivity index (χ3n) is 5.78. The van der Waals surface area contributed by atoms with Gasteiger partial charge < -0.3 is 19.9 Å². The van der Waals surface area contributed by atoms with Crippen LogP contribution in [0.5, 0.6) is 0 Å². The van der Waals surface area contributed by atoms with Crippen molar-refractivity contribution in [2.24, 2.45) is 5.92 Å². The van der Waals surface area contributed by atoms with E-state index in [-0.39, 0.29) is 5.91 Å². The molecule has 0 spiro atoms. The molecule has 1 saturated heterocycles. The van der Waals surface area contributed by atoms with Gasteiger partial charge in [0.2, 0.25) is 5.91 Å². The second kappa shape index (κ2) is 7.28. The predicted octanol–water partition coefficient (Wildman–Crippen LogP) is 3.81. The maximum absolute atomic E-state index is 12.2. The number of nitrogens with one attached hydrogen (secondary N) is 2. The van der Waals surface area contributed by atoms with Crippen LogP contribution in [0, 0.1) is 5.92 Å². The Morgan fingerprint density at radius 3 is 2.93 bits per heavy atom. The van der Waals surface area contributed by atoms with Crippen LogP contribution in [0.3, 0.4) is 0 Å². The summed E-state index contributed by atoms with van der Waals surface area (Å²) in [5.41, 5.74) is 3.89. The number of rotatable bonds is 4. The molecule has 1 amide bonds. The average molecular weight is 376 g/mol. The Hall–Kier alpha value is -2.86. The van der Waals surface area contributed by atoms with Crippen molar-refractivity contribution < 1.29 is 9.53 Å². The number of aromatic nitrogens is 2. The fourth-order valence-corrected chi connectivity index (χ4v) is 4.15. The van der Waals surface area contributed by atoms with Crippen LogP contribution in [0.4, 0.5) is 11.5 Å². The molecule has 2 N–H and O–H groups in total. The highest BCUT2D eigenvalue weighted by atomic mass is 16.5. The second-order valence-electron chi connectivity index (χ2n) is 7.66. The minimum atomic E-state index is 0.0295. The number of carbonyl (C=O) groups is 1. The summed E-state index contributed by atoms with van der Waals surface area (Å²) in [7, 11) is 0. The number of pyridine rings is 1. The van der Waals surface area contributed by atoms with Gasteiger partial charge in [-0.2, -0.15) is 0 Å². The number of hydrogen-bond donors (Lipinski definition) is 2. The van der Waals surface area contributed by atoms with Gasteiger partial charge in [0.1, 0.15) is 0 Å². The van der Waals surface area contributed by atoms with Crippen molar-refractivity contribution >= 4 is 28.3 Å². The van der Waals surface area contributed by atoms with E-state index >= 15 is 0 Å². The summed E-state index contributed by atoms with van der Waals surface area (Å²) in [5, 5.41) is 4.15. The van der Waals surface area contributed by atoms with Gasteiger partial charge in [0.05, 0.1) is 17.9 Å². The third-order valence-corrected chi connectivity index (χ3v) is 5.78. The number of fused-ring (bicyclic) bond motifs is 2. The summed E-state index contributed by atoms with van der Waals surface area (Å²) in [4.78, 5) is 22.5. The molecule has 0 aliphatic carbocycles. The largest absolute Gasteiger partial charge is 0.381 e. The maximum atomic E-state index is 12.2. The van der Waals surface area contributed by atoms with Crippen LogP contribution in [0.25, 0.3) is 22.2 Å². The number of nitrogens with zero attached hydrogens (tertiary/aromatic N) is 2. The number of benzene rings is 1. The Kier molecular flexibility index (Phi) is 4.49. The van der Waals surface area contributed by atoms with Gasteiger partial charge in [-0.1, -0.05) is 12.1 Å². The first-order valence-electron chi connectivity index (χ1n) is 9.97. The molecule has 4 heterocycles. The van der Waals surface area contributed by atoms with Gasteiger partial charge in [0, 0.05) is 37.0 Å². The van der Waals surface area contributed by atoms with Gasteiger partial charge in [-0.25, -0.2) is 4.98 Å². The molecule has 28 heavy (non-hydrogen) atoms. The SMILES string of the molecule is O=C1CN(CCC2CCOCC2)c2nc(-c3ccc4cc[nH]c4c3)ccc2N1. The van der Waals surface area contributed by atoms with Crippen molar-refractivity contribution in [2.45, 2.75) is 19.3 Å². The predicted molar refractivity (Wildman–Crippen MR) is 111 cm³/mol. The van der Waals surface area contributed by atoms with Crippen molar-refractivity contribution in [2.75, 3.05) is 36.5 Å². The molecule has 144 valence electrons. The van der Waals surface area contributed by atoms with Gasteiger partial charge >= 0.3 is 0 Å². The molecule has 6 nitrogen and oxygen atoms in total. The normalized spacial score (nSPS) is 17.6. The minimum absolute atomic E-state index is 0.0295. The average Bonchev–Trinajstić information content (AvgIpc) is 3.20. The van der Waals surface area contributed by atoms with Gasteiger partial charge in [-0.3, -0.25) is 4.79 Å². The molecule has 1 aromatic carbocycles. The topological polar surface area (TPSA) is 70.2 Å². The zero-order valence-electron chi connectivity index (χ0n) is 15.8. The summed E-state index contributed by atoms with van der Waals surface area (Å²) < 4.78 is 5.46. The number of ether oxygens (including phenoxy) is 1. The molecule has 1 fully saturated rings. The van der Waals surface area contributed by atoms with Gasteiger partial charge in [-0.05, 0) is 54.8 Å². The van der Waals surface area contributed by atoms with E-state index in [4.69, 9.17) is 9.72 Å². The van der Waals surface area contributed by atoms with Crippen LogP contribution in [0.2, 0.25) is 0 Å². The molecule has 2 aliphatic heterocycles. The molecule has 2 aliphatic rings. The summed E-state index contributed by atoms with van der Waals surface area (Å²) in [6.07, 6.45) is 5.23. The van der Waals surface area contributed by atoms with E-state index in [0.717, 1.165) is 67.3 Å². The van der Waals surface area contributed by atoms with Crippen molar-refractivity contribution in [3.8, 4) is 11.3 Å². The molecule has 0 unspecified atom stereocenters. The zero-order chi connectivity index (χ0) is 18.9. The molecular weight excluding hydrogens is 352 g/mol. The molecule has 6 heteroatoms. The van der Waals surface area contributed by atoms with Crippen molar-refractivity contribution in [3.63, 3.8) is 0 Å². The monoisotopic (exact) mass is 376 g/mol. The van der Waals surface area contributed by atoms with Crippen LogP contribution >= 0.6 is 0 Å². The van der Waals surface area contributed by atoms with E-state index in [1.54, 1.807) is 0 Å². The highest BCUT2D eigenvalue weighted by molar-refractivity contribution is 6.00. The Labute approximate surface area is 163 Å². The molecular formula is C22H24N4O2. The lowest BCUT2D eigenvalue weighted by Gasteiger charge is -2.32. The van der Waals surface area contributed by atoms with E-state index in [1.165, 1.54) is 5.39 Å². The zero-order valence-corrected chi connectivity index (χ0v) is 15.8. The number of amides is 1. The van der Waals surface area contributed by atoms with Crippen LogP contribution in [0.15, 0.2) is 42.6 Å². The standard InChI is InChI=1S/C22H24N4O2/c27-21-14-26(10-6-15-7-11-28-12-8-15)22-19(24-21)4-3-18(25-22)17-2-1-16-5-9-23-20(16)13-17/h1-5,9,13,15,23H,6-8,10-12,14H2,(H,24,27). The summed E-state index contributed by atoms with van der Waals surface area (Å²) in [5.74, 6) is 1.57. The van der Waals surface area contributed by atoms with Gasteiger partial charge in [0.25, 0.3) is 0 Å². The fraction of sp³-hybridized carbons (Fsp3) is 0.364. The third kappa shape index (κ3) is 3.36. The Morgan fingerprint density at radius 2 is 2.04 bits per heavy atom. The van der Waals surface area contributed by atoms with Crippen molar-refractivity contribution in [1.29, 1.82) is 0 Å². The van der Waals surface area contributed by atoms with Crippen LogP contribution in [-0.2, 0) is 9.53 Å². The number of hydrogen-bond acceptors (Lipinski definition) is 4. The summed E-state index contributed by atoms with van der Waals surface area (Å²) in [6.45, 7) is 2.91. The molecule has 5 rings (SSSR count). The van der Waals surface area contributed by atoms with Crippen LogP contribution < -0.4 is 10.2 Å². The molecule has 0 atom stereocenters. The maximum Gasteiger partial charge on any atom is 0.244 e. The lowest BCUT2D eigenvalue weighted by atomic mass is 9.96. The number of anilines is 2. The lowest BCUT2D eigenvalue weighted by Crippen LogP contribution is -2.40. The number of carbonyl (C=O) groups excluding carboxylic acids is 1. The smallest absolute Gasteiger partial charge is 0.244 e. The van der Waals surface area contributed by atoms with E-state index in [9.17, 15) is 4.79 Å². The Morgan fingerprint density at radius 1 is 1.14 bits per heavy atom. The Balaban J connectivity index is 1.42. The quantitative estimate of drug-likeness (QED) is 0.727. The van der Waals surface area contributed by atoms with Crippen molar-refractivity contribution in [1.82, 2.24) is 9.97 Å². The van der Waals surface area contributed by atoms with Gasteiger partial charge in [-0.15, -0.1) is 0 Å². The van der Waals surface area contributed by atoms with Crippen LogP contribution in [0.1, 0.15) is 19.3 Å². The molecule has 2 aromatic heterocycles. The van der Waals surface area contributed by atoms with Crippen LogP contribution in [-0.4, -0.2) is 42.2 Å². The molecule has 0 bridgehead atoms. The number of aromatic amines is 1. The van der Waals surface area contributed by atoms with E-state index in [0.29, 0.717) is 12.5 Å². The fourth-order valence-electron chi connectivity index (χ4n) is 4.15. The minimum Gasteiger partial charge on any atom is -0.381 e. The Bertz CT molecular complexity index is 1010. The van der Waals surface area contributed by atoms with E-state index in [2.05, 4.69) is 39.5 Å². The highest BCUT2D eigenvalue weighted by Crippen LogP contribution is 2.32. The summed E-state index contributed by atoms with van der Waals surface area (Å²) >= 11 is 0. The van der Waals surface area contributed by atoms with Crippen molar-refractivity contribution in [3.05, 3.63) is 42.6 Å². The first kappa shape index (κ1) is 17.3. The first-order chi connectivity index (χ1) is 13.8. The molecule has 0 saturated carbocycles. The van der Waals surface area contributed by atoms with E-state index in [1.807, 2.05) is 18.3 Å². The number of H-pyrrole nitrogens is 1. The van der Waals surface area contributed by atoms with Gasteiger partial charge in [0.15, 0.2) is 5.82 Å². The highest BCUT2D eigenvalue weighted by Gasteiger charge is 2.25. The van der Waals surface area contributed by atoms with E-state index < -0.39 is 0 Å². The summed E-state index contributed by atoms with van der Waals surface area (Å²) in [6, 6.07) is 12.3. The molecule has 0 radical (unpaired) electrons.